The second-order valence-corrected chi connectivity index (χ2v) is 7.73. The number of H-pyrrole nitrogens is 1. The van der Waals surface area contributed by atoms with Crippen LogP contribution in [0.4, 0.5) is 5.69 Å². The maximum absolute atomic E-state index is 12.3. The highest BCUT2D eigenvalue weighted by atomic mass is 35.5. The minimum Gasteiger partial charge on any atom is -0.495 e. The standard InChI is InChI=1S/C20H14Cl2N4O3S/c1-29-16-7-6-13(22)8-15(16)24-17(27)10-30-20-25-18(14(9-23)19(28)26-20)11-2-4-12(21)5-3-11/h2-8H,10H2,1H3,(H,24,27)(H,25,26,28). The maximum Gasteiger partial charge on any atom is 0.270 e. The van der Waals surface area contributed by atoms with Gasteiger partial charge in [-0.25, -0.2) is 4.98 Å². The lowest BCUT2D eigenvalue weighted by atomic mass is 10.1. The van der Waals surface area contributed by atoms with Crippen LogP contribution in [0, 0.1) is 11.3 Å². The zero-order valence-corrected chi connectivity index (χ0v) is 17.9. The number of rotatable bonds is 6. The molecule has 0 aliphatic rings. The molecule has 3 rings (SSSR count). The molecule has 152 valence electrons. The Labute approximate surface area is 186 Å². The van der Waals surface area contributed by atoms with Crippen molar-refractivity contribution >= 4 is 46.6 Å². The van der Waals surface area contributed by atoms with Gasteiger partial charge in [0.15, 0.2) is 5.16 Å². The Hall–Kier alpha value is -2.99. The molecule has 1 amide bonds. The molecule has 2 N–H and O–H groups in total. The number of thioether (sulfide) groups is 1. The van der Waals surface area contributed by atoms with Crippen LogP contribution in [-0.2, 0) is 4.79 Å². The SMILES string of the molecule is COc1ccc(Cl)cc1NC(=O)CSc1nc(-c2ccc(Cl)cc2)c(C#N)c(=O)[nH]1. The second kappa shape index (κ2) is 9.67. The van der Waals surface area contributed by atoms with Crippen LogP contribution in [0.5, 0.6) is 5.75 Å². The molecule has 1 aromatic heterocycles. The summed E-state index contributed by atoms with van der Waals surface area (Å²) in [5.41, 5.74) is 0.514. The van der Waals surface area contributed by atoms with Crippen molar-refractivity contribution in [2.75, 3.05) is 18.2 Å². The van der Waals surface area contributed by atoms with Crippen molar-refractivity contribution in [1.29, 1.82) is 5.26 Å². The third-order valence-corrected chi connectivity index (χ3v) is 5.26. The maximum atomic E-state index is 12.3. The molecule has 0 unspecified atom stereocenters. The molecule has 0 spiro atoms. The average molecular weight is 461 g/mol. The average Bonchev–Trinajstić information content (AvgIpc) is 2.72. The molecule has 1 heterocycles. The van der Waals surface area contributed by atoms with E-state index >= 15 is 0 Å². The van der Waals surface area contributed by atoms with Gasteiger partial charge in [0.2, 0.25) is 5.91 Å². The first-order valence-corrected chi connectivity index (χ1v) is 10.2. The summed E-state index contributed by atoms with van der Waals surface area (Å²) in [7, 11) is 1.48. The molecule has 2 aromatic carbocycles. The normalized spacial score (nSPS) is 10.3. The zero-order valence-electron chi connectivity index (χ0n) is 15.5. The first-order valence-electron chi connectivity index (χ1n) is 8.48. The van der Waals surface area contributed by atoms with Crippen LogP contribution in [0.25, 0.3) is 11.3 Å². The summed E-state index contributed by atoms with van der Waals surface area (Å²) in [6.45, 7) is 0. The molecule has 0 bridgehead atoms. The van der Waals surface area contributed by atoms with E-state index in [1.165, 1.54) is 7.11 Å². The molecule has 0 aliphatic heterocycles. The number of methoxy groups -OCH3 is 1. The molecule has 0 atom stereocenters. The molecular weight excluding hydrogens is 447 g/mol. The van der Waals surface area contributed by atoms with Crippen LogP contribution < -0.4 is 15.6 Å². The van der Waals surface area contributed by atoms with Gasteiger partial charge in [-0.3, -0.25) is 9.59 Å². The van der Waals surface area contributed by atoms with Crippen molar-refractivity contribution in [2.45, 2.75) is 5.16 Å². The largest absolute Gasteiger partial charge is 0.495 e. The van der Waals surface area contributed by atoms with Crippen molar-refractivity contribution in [1.82, 2.24) is 9.97 Å². The van der Waals surface area contributed by atoms with Crippen molar-refractivity contribution in [2.24, 2.45) is 0 Å². The fourth-order valence-electron chi connectivity index (χ4n) is 2.54. The number of hydrogen-bond acceptors (Lipinski definition) is 6. The van der Waals surface area contributed by atoms with Gasteiger partial charge in [0, 0.05) is 15.6 Å². The van der Waals surface area contributed by atoms with E-state index in [9.17, 15) is 14.9 Å². The van der Waals surface area contributed by atoms with Crippen LogP contribution in [0.15, 0.2) is 52.4 Å². The van der Waals surface area contributed by atoms with Gasteiger partial charge in [0.05, 0.1) is 24.2 Å². The summed E-state index contributed by atoms with van der Waals surface area (Å²) in [5.74, 6) is 0.0817. The number of amides is 1. The number of nitrogens with one attached hydrogen (secondary N) is 2. The quantitative estimate of drug-likeness (QED) is 0.417. The Morgan fingerprint density at radius 2 is 1.93 bits per heavy atom. The Bertz CT molecular complexity index is 1190. The summed E-state index contributed by atoms with van der Waals surface area (Å²) < 4.78 is 5.20. The fourth-order valence-corrected chi connectivity index (χ4v) is 3.50. The molecule has 7 nitrogen and oxygen atoms in total. The minimum atomic E-state index is -0.586. The molecule has 3 aromatic rings. The topological polar surface area (TPSA) is 108 Å². The second-order valence-electron chi connectivity index (χ2n) is 5.89. The highest BCUT2D eigenvalue weighted by molar-refractivity contribution is 7.99. The third kappa shape index (κ3) is 5.13. The highest BCUT2D eigenvalue weighted by Crippen LogP contribution is 2.28. The number of aromatic amines is 1. The third-order valence-electron chi connectivity index (χ3n) is 3.90. The van der Waals surface area contributed by atoms with Crippen LogP contribution in [0.2, 0.25) is 10.0 Å². The predicted molar refractivity (Wildman–Crippen MR) is 117 cm³/mol. The van der Waals surface area contributed by atoms with Crippen molar-refractivity contribution in [3.63, 3.8) is 0 Å². The lowest BCUT2D eigenvalue weighted by molar-refractivity contribution is -0.113. The smallest absolute Gasteiger partial charge is 0.270 e. The van der Waals surface area contributed by atoms with E-state index in [0.29, 0.717) is 27.0 Å². The number of ether oxygens (including phenoxy) is 1. The lowest BCUT2D eigenvalue weighted by Gasteiger charge is -2.10. The van der Waals surface area contributed by atoms with Crippen molar-refractivity contribution < 1.29 is 9.53 Å². The van der Waals surface area contributed by atoms with E-state index in [1.54, 1.807) is 42.5 Å². The number of carbonyl (C=O) groups is 1. The monoisotopic (exact) mass is 460 g/mol. The van der Waals surface area contributed by atoms with Gasteiger partial charge >= 0.3 is 0 Å². The van der Waals surface area contributed by atoms with Gasteiger partial charge in [0.25, 0.3) is 5.56 Å². The van der Waals surface area contributed by atoms with E-state index in [-0.39, 0.29) is 28.1 Å². The van der Waals surface area contributed by atoms with E-state index in [1.807, 2.05) is 6.07 Å². The number of nitriles is 1. The number of carbonyl (C=O) groups excluding carboxylic acids is 1. The van der Waals surface area contributed by atoms with E-state index < -0.39 is 5.56 Å². The van der Waals surface area contributed by atoms with Crippen LogP contribution in [0.1, 0.15) is 5.56 Å². The van der Waals surface area contributed by atoms with Gasteiger partial charge in [-0.15, -0.1) is 0 Å². The van der Waals surface area contributed by atoms with Crippen molar-refractivity contribution in [3.05, 3.63) is 68.4 Å². The predicted octanol–water partition coefficient (Wildman–Crippen LogP) is 4.35. The molecular formula is C20H14Cl2N4O3S. The molecule has 30 heavy (non-hydrogen) atoms. The summed E-state index contributed by atoms with van der Waals surface area (Å²) in [4.78, 5) is 31.5. The first-order chi connectivity index (χ1) is 14.4. The lowest BCUT2D eigenvalue weighted by Crippen LogP contribution is -2.17. The van der Waals surface area contributed by atoms with Gasteiger partial charge in [0.1, 0.15) is 17.4 Å². The number of hydrogen-bond donors (Lipinski definition) is 2. The summed E-state index contributed by atoms with van der Waals surface area (Å²) >= 11 is 12.9. The number of nitrogens with zero attached hydrogens (tertiary/aromatic N) is 2. The Morgan fingerprint density at radius 1 is 1.23 bits per heavy atom. The summed E-state index contributed by atoms with van der Waals surface area (Å²) in [5, 5.41) is 13.2. The van der Waals surface area contributed by atoms with Gasteiger partial charge in [-0.1, -0.05) is 47.1 Å². The number of anilines is 1. The van der Waals surface area contributed by atoms with Gasteiger partial charge in [-0.05, 0) is 30.3 Å². The Morgan fingerprint density at radius 3 is 2.60 bits per heavy atom. The number of aromatic nitrogens is 2. The molecule has 0 fully saturated rings. The Kier molecular flexibility index (Phi) is 7.00. The van der Waals surface area contributed by atoms with E-state index in [2.05, 4.69) is 15.3 Å². The minimum absolute atomic E-state index is 0.0371. The molecule has 0 radical (unpaired) electrons. The van der Waals surface area contributed by atoms with Crippen LogP contribution >= 0.6 is 35.0 Å². The fraction of sp³-hybridized carbons (Fsp3) is 0.100. The van der Waals surface area contributed by atoms with Crippen LogP contribution in [0.3, 0.4) is 0 Å². The molecule has 0 aliphatic carbocycles. The highest BCUT2D eigenvalue weighted by Gasteiger charge is 2.15. The number of halogens is 2. The van der Waals surface area contributed by atoms with Crippen LogP contribution in [-0.4, -0.2) is 28.7 Å². The molecule has 10 heteroatoms. The Balaban J connectivity index is 1.80. The molecule has 0 saturated carbocycles. The first kappa shape index (κ1) is 21.7. The zero-order chi connectivity index (χ0) is 21.7. The van der Waals surface area contributed by atoms with E-state index in [4.69, 9.17) is 27.9 Å². The summed E-state index contributed by atoms with van der Waals surface area (Å²) in [6.07, 6.45) is 0. The van der Waals surface area contributed by atoms with Crippen molar-refractivity contribution in [3.8, 4) is 23.1 Å². The van der Waals surface area contributed by atoms with E-state index in [0.717, 1.165) is 11.8 Å². The summed E-state index contributed by atoms with van der Waals surface area (Å²) in [6, 6.07) is 13.3. The van der Waals surface area contributed by atoms with Gasteiger partial charge in [-0.2, -0.15) is 5.26 Å². The molecule has 0 saturated heterocycles. The number of benzene rings is 2. The van der Waals surface area contributed by atoms with Gasteiger partial charge < -0.3 is 15.0 Å².